The SMILES string of the molecule is CCOC(=O)C1=C(C)N=c2s/c(=C\c3cc(Br)cc(Br)c3OCc3ccc(Br)cc3)c(=O)n2[C@H]1c1ccc(OCC)cc1. The summed E-state index contributed by atoms with van der Waals surface area (Å²) in [5, 5.41) is 0. The number of benzene rings is 3. The van der Waals surface area contributed by atoms with Crippen LogP contribution in [-0.4, -0.2) is 23.8 Å². The first-order chi connectivity index (χ1) is 20.7. The van der Waals surface area contributed by atoms with Crippen molar-refractivity contribution in [3.8, 4) is 11.5 Å². The van der Waals surface area contributed by atoms with Crippen molar-refractivity contribution in [1.29, 1.82) is 0 Å². The fourth-order valence-electron chi connectivity index (χ4n) is 4.74. The monoisotopic (exact) mass is 788 g/mol. The van der Waals surface area contributed by atoms with Crippen LogP contribution in [0.15, 0.2) is 95.1 Å². The number of nitrogens with zero attached hydrogens (tertiary/aromatic N) is 2. The summed E-state index contributed by atoms with van der Waals surface area (Å²) in [5.74, 6) is 0.799. The van der Waals surface area contributed by atoms with Crippen LogP contribution in [-0.2, 0) is 16.1 Å². The first kappa shape index (κ1) is 31.4. The molecule has 1 aliphatic rings. The summed E-state index contributed by atoms with van der Waals surface area (Å²) >= 11 is 11.9. The normalized spacial score (nSPS) is 14.7. The van der Waals surface area contributed by atoms with Crippen molar-refractivity contribution in [2.24, 2.45) is 4.99 Å². The van der Waals surface area contributed by atoms with E-state index < -0.39 is 12.0 Å². The average Bonchev–Trinajstić information content (AvgIpc) is 3.27. The molecular formula is C32H27Br3N2O5S. The van der Waals surface area contributed by atoms with Gasteiger partial charge in [0.05, 0.1) is 39.5 Å². The van der Waals surface area contributed by atoms with Crippen LogP contribution in [0.1, 0.15) is 43.5 Å². The molecule has 0 fully saturated rings. The fourth-order valence-corrected chi connectivity index (χ4v) is 7.41. The third-order valence-electron chi connectivity index (χ3n) is 6.64. The minimum Gasteiger partial charge on any atom is -0.494 e. The lowest BCUT2D eigenvalue weighted by atomic mass is 9.96. The van der Waals surface area contributed by atoms with E-state index in [4.69, 9.17) is 14.2 Å². The van der Waals surface area contributed by atoms with E-state index in [1.807, 2.05) is 67.6 Å². The van der Waals surface area contributed by atoms with E-state index in [0.29, 0.717) is 50.9 Å². The Labute approximate surface area is 277 Å². The van der Waals surface area contributed by atoms with Gasteiger partial charge < -0.3 is 14.2 Å². The Morgan fingerprint density at radius 3 is 2.37 bits per heavy atom. The number of fused-ring (bicyclic) bond motifs is 1. The second-order valence-electron chi connectivity index (χ2n) is 9.53. The van der Waals surface area contributed by atoms with Gasteiger partial charge in [-0.1, -0.05) is 67.5 Å². The highest BCUT2D eigenvalue weighted by atomic mass is 79.9. The maximum absolute atomic E-state index is 14.1. The van der Waals surface area contributed by atoms with Gasteiger partial charge >= 0.3 is 5.97 Å². The molecule has 1 aromatic heterocycles. The van der Waals surface area contributed by atoms with Crippen molar-refractivity contribution in [3.05, 3.63) is 122 Å². The summed E-state index contributed by atoms with van der Waals surface area (Å²) in [7, 11) is 0. The summed E-state index contributed by atoms with van der Waals surface area (Å²) in [5.41, 5.74) is 3.02. The first-order valence-electron chi connectivity index (χ1n) is 13.5. The van der Waals surface area contributed by atoms with Crippen molar-refractivity contribution in [1.82, 2.24) is 4.57 Å². The molecule has 0 spiro atoms. The molecular weight excluding hydrogens is 764 g/mol. The van der Waals surface area contributed by atoms with E-state index in [2.05, 4.69) is 52.8 Å². The van der Waals surface area contributed by atoms with E-state index in [-0.39, 0.29) is 12.2 Å². The number of rotatable bonds is 9. The van der Waals surface area contributed by atoms with E-state index in [9.17, 15) is 9.59 Å². The lowest BCUT2D eigenvalue weighted by molar-refractivity contribution is -0.139. The maximum Gasteiger partial charge on any atom is 0.338 e. The molecule has 4 aromatic rings. The number of aromatic nitrogens is 1. The molecule has 2 heterocycles. The molecule has 1 atom stereocenters. The molecule has 0 radical (unpaired) electrons. The standard InChI is InChI=1S/C32H27Br3N2O5S/c1-4-40-24-12-8-20(9-13-24)28-27(31(39)41-5-2)18(3)36-32-37(28)30(38)26(43-32)15-21-14-23(34)16-25(35)29(21)42-17-19-6-10-22(33)11-7-19/h6-16,28H,4-5,17H2,1-3H3/b26-15-/t28-/m0/s1. The smallest absolute Gasteiger partial charge is 0.338 e. The number of carbonyl (C=O) groups is 1. The topological polar surface area (TPSA) is 79.1 Å². The highest BCUT2D eigenvalue weighted by molar-refractivity contribution is 9.11. The van der Waals surface area contributed by atoms with Gasteiger partial charge in [0.15, 0.2) is 4.80 Å². The molecule has 7 nitrogen and oxygen atoms in total. The largest absolute Gasteiger partial charge is 0.494 e. The Bertz CT molecular complexity index is 1880. The molecule has 43 heavy (non-hydrogen) atoms. The molecule has 5 rings (SSSR count). The van der Waals surface area contributed by atoms with Gasteiger partial charge in [-0.05, 0) is 90.3 Å². The van der Waals surface area contributed by atoms with E-state index >= 15 is 0 Å². The predicted octanol–water partition coefficient (Wildman–Crippen LogP) is 7.06. The lowest BCUT2D eigenvalue weighted by Gasteiger charge is -2.24. The van der Waals surface area contributed by atoms with Gasteiger partial charge in [0.2, 0.25) is 0 Å². The number of halogens is 3. The number of esters is 1. The second-order valence-corrected chi connectivity index (χ2v) is 13.2. The van der Waals surface area contributed by atoms with Crippen molar-refractivity contribution in [2.75, 3.05) is 13.2 Å². The molecule has 0 amide bonds. The zero-order valence-electron chi connectivity index (χ0n) is 23.5. The predicted molar refractivity (Wildman–Crippen MR) is 178 cm³/mol. The van der Waals surface area contributed by atoms with Crippen LogP contribution in [0.3, 0.4) is 0 Å². The molecule has 222 valence electrons. The highest BCUT2D eigenvalue weighted by Gasteiger charge is 2.33. The molecule has 0 N–H and O–H groups in total. The summed E-state index contributed by atoms with van der Waals surface area (Å²) in [6, 6.07) is 18.4. The Balaban J connectivity index is 1.63. The number of hydrogen-bond acceptors (Lipinski definition) is 7. The summed E-state index contributed by atoms with van der Waals surface area (Å²) < 4.78 is 21.8. The van der Waals surface area contributed by atoms with Gasteiger partial charge in [-0.25, -0.2) is 9.79 Å². The van der Waals surface area contributed by atoms with E-state index in [1.165, 1.54) is 11.3 Å². The Kier molecular flexibility index (Phi) is 10.1. The number of allylic oxidation sites excluding steroid dienone is 1. The zero-order chi connectivity index (χ0) is 30.7. The first-order valence-corrected chi connectivity index (χ1v) is 16.7. The van der Waals surface area contributed by atoms with Gasteiger partial charge in [0.1, 0.15) is 18.1 Å². The van der Waals surface area contributed by atoms with Crippen molar-refractivity contribution in [2.45, 2.75) is 33.4 Å². The van der Waals surface area contributed by atoms with Gasteiger partial charge in [0, 0.05) is 14.5 Å². The number of thiazole rings is 1. The maximum atomic E-state index is 14.1. The molecule has 1 aliphatic heterocycles. The number of hydrogen-bond donors (Lipinski definition) is 0. The molecule has 0 bridgehead atoms. The van der Waals surface area contributed by atoms with Crippen molar-refractivity contribution >= 4 is 71.2 Å². The quantitative estimate of drug-likeness (QED) is 0.170. The third kappa shape index (κ3) is 6.90. The summed E-state index contributed by atoms with van der Waals surface area (Å²) in [6.45, 7) is 6.51. The zero-order valence-corrected chi connectivity index (χ0v) is 29.1. The molecule has 11 heteroatoms. The Morgan fingerprint density at radius 1 is 0.977 bits per heavy atom. The molecule has 3 aromatic carbocycles. The van der Waals surface area contributed by atoms with E-state index in [0.717, 1.165) is 24.5 Å². The van der Waals surface area contributed by atoms with Crippen LogP contribution in [0.2, 0.25) is 0 Å². The minimum atomic E-state index is -0.713. The van der Waals surface area contributed by atoms with E-state index in [1.54, 1.807) is 24.5 Å². The van der Waals surface area contributed by atoms with Crippen LogP contribution < -0.4 is 24.4 Å². The van der Waals surface area contributed by atoms with Crippen LogP contribution in [0.4, 0.5) is 0 Å². The second kappa shape index (κ2) is 13.8. The van der Waals surface area contributed by atoms with Crippen LogP contribution in [0, 0.1) is 0 Å². The van der Waals surface area contributed by atoms with Crippen LogP contribution >= 0.6 is 59.1 Å². The summed E-state index contributed by atoms with van der Waals surface area (Å²) in [4.78, 5) is 32.5. The van der Waals surface area contributed by atoms with Crippen LogP contribution in [0.5, 0.6) is 11.5 Å². The number of ether oxygens (including phenoxy) is 3. The van der Waals surface area contributed by atoms with Crippen molar-refractivity contribution in [3.63, 3.8) is 0 Å². The molecule has 0 aliphatic carbocycles. The van der Waals surface area contributed by atoms with Gasteiger partial charge in [-0.3, -0.25) is 9.36 Å². The van der Waals surface area contributed by atoms with Crippen LogP contribution in [0.25, 0.3) is 6.08 Å². The van der Waals surface area contributed by atoms with Gasteiger partial charge in [0.25, 0.3) is 5.56 Å². The minimum absolute atomic E-state index is 0.205. The van der Waals surface area contributed by atoms with Gasteiger partial charge in [-0.15, -0.1) is 0 Å². The molecule has 0 saturated heterocycles. The average molecular weight is 791 g/mol. The highest BCUT2D eigenvalue weighted by Crippen LogP contribution is 2.35. The van der Waals surface area contributed by atoms with Gasteiger partial charge in [-0.2, -0.15) is 0 Å². The molecule has 0 unspecified atom stereocenters. The summed E-state index contributed by atoms with van der Waals surface area (Å²) in [6.07, 6.45) is 1.80. The number of carbonyl (C=O) groups excluding carboxylic acids is 1. The third-order valence-corrected chi connectivity index (χ3v) is 9.20. The van der Waals surface area contributed by atoms with Crippen molar-refractivity contribution < 1.29 is 19.0 Å². The Morgan fingerprint density at radius 2 is 1.70 bits per heavy atom. The fraction of sp³-hybridized carbons (Fsp3) is 0.219. The lowest BCUT2D eigenvalue weighted by Crippen LogP contribution is -2.39. The molecule has 0 saturated carbocycles. The Hall–Kier alpha value is -2.99.